The zero-order valence-electron chi connectivity index (χ0n) is 11.4. The van der Waals surface area contributed by atoms with Crippen LogP contribution in [0.5, 0.6) is 5.75 Å². The minimum atomic E-state index is -0.279. The third-order valence-corrected chi connectivity index (χ3v) is 3.40. The molecule has 0 aliphatic heterocycles. The Balaban J connectivity index is 2.40. The van der Waals surface area contributed by atoms with Crippen LogP contribution in [0.25, 0.3) is 22.0 Å². The topological polar surface area (TPSA) is 65.9 Å². The van der Waals surface area contributed by atoms with Crippen LogP contribution in [0.15, 0.2) is 53.3 Å². The smallest absolute Gasteiger partial charge is 0.257 e. The molecule has 0 spiro atoms. The lowest BCUT2D eigenvalue weighted by molar-refractivity contribution is 0.415. The van der Waals surface area contributed by atoms with E-state index >= 15 is 0 Å². The van der Waals surface area contributed by atoms with Crippen molar-refractivity contribution in [3.05, 3.63) is 64.4 Å². The van der Waals surface area contributed by atoms with E-state index in [1.165, 1.54) is 0 Å². The lowest BCUT2D eigenvalue weighted by Gasteiger charge is -2.08. The maximum absolute atomic E-state index is 12.4. The fraction of sp³-hybridized carbons (Fsp3) is 0.0588. The first kappa shape index (κ1) is 12.9. The summed E-state index contributed by atoms with van der Waals surface area (Å²) in [7, 11) is 1.56. The Morgan fingerprint density at radius 2 is 1.90 bits per heavy atom. The fourth-order valence-corrected chi connectivity index (χ4v) is 2.40. The Morgan fingerprint density at radius 3 is 2.57 bits per heavy atom. The molecule has 3 rings (SSSR count). The molecule has 21 heavy (non-hydrogen) atoms. The van der Waals surface area contributed by atoms with Crippen molar-refractivity contribution in [2.24, 2.45) is 0 Å². The number of aromatic nitrogens is 1. The van der Waals surface area contributed by atoms with Crippen molar-refractivity contribution in [2.45, 2.75) is 0 Å². The van der Waals surface area contributed by atoms with Crippen LogP contribution in [0.3, 0.4) is 0 Å². The Kier molecular flexibility index (Phi) is 3.17. The highest BCUT2D eigenvalue weighted by atomic mass is 16.5. The summed E-state index contributed by atoms with van der Waals surface area (Å²) in [6.45, 7) is 0. The molecule has 102 valence electrons. The number of nitrogens with zero attached hydrogens (tertiary/aromatic N) is 1. The standard InChI is InChI=1S/C17H12N2O2/c1-21-12-7-8-13-14(10-18)16(11-5-3-2-4-6-11)17(20)19-15(13)9-12/h2-9H,1H3,(H,19,20). The lowest BCUT2D eigenvalue weighted by atomic mass is 9.98. The molecule has 0 fully saturated rings. The Hall–Kier alpha value is -3.06. The summed E-state index contributed by atoms with van der Waals surface area (Å²) < 4.78 is 5.15. The number of hydrogen-bond donors (Lipinski definition) is 1. The van der Waals surface area contributed by atoms with Gasteiger partial charge in [0.2, 0.25) is 0 Å². The molecule has 0 saturated carbocycles. The zero-order chi connectivity index (χ0) is 14.8. The van der Waals surface area contributed by atoms with Gasteiger partial charge in [-0.15, -0.1) is 0 Å². The van der Waals surface area contributed by atoms with Gasteiger partial charge in [-0.2, -0.15) is 5.26 Å². The number of hydrogen-bond acceptors (Lipinski definition) is 3. The second kappa shape index (κ2) is 5.14. The van der Waals surface area contributed by atoms with E-state index in [1.54, 1.807) is 25.3 Å². The van der Waals surface area contributed by atoms with Gasteiger partial charge in [0.05, 0.1) is 23.8 Å². The molecule has 1 aromatic heterocycles. The number of H-pyrrole nitrogens is 1. The molecule has 0 atom stereocenters. The molecule has 0 unspecified atom stereocenters. The van der Waals surface area contributed by atoms with Gasteiger partial charge in [-0.1, -0.05) is 30.3 Å². The van der Waals surface area contributed by atoms with Gasteiger partial charge in [0.25, 0.3) is 5.56 Å². The first-order valence-corrected chi connectivity index (χ1v) is 6.44. The number of nitrogens with one attached hydrogen (secondary N) is 1. The summed E-state index contributed by atoms with van der Waals surface area (Å²) in [4.78, 5) is 15.2. The van der Waals surface area contributed by atoms with Crippen LogP contribution in [0.4, 0.5) is 0 Å². The van der Waals surface area contributed by atoms with Crippen molar-refractivity contribution in [3.63, 3.8) is 0 Å². The van der Waals surface area contributed by atoms with Gasteiger partial charge in [0.1, 0.15) is 11.8 Å². The van der Waals surface area contributed by atoms with E-state index in [2.05, 4.69) is 11.1 Å². The number of aromatic amines is 1. The molecule has 0 amide bonds. The van der Waals surface area contributed by atoms with Crippen LogP contribution < -0.4 is 10.3 Å². The minimum Gasteiger partial charge on any atom is -0.497 e. The molecule has 0 aliphatic rings. The molecule has 0 radical (unpaired) electrons. The minimum absolute atomic E-state index is 0.279. The van der Waals surface area contributed by atoms with E-state index in [1.807, 2.05) is 30.3 Å². The number of pyridine rings is 1. The van der Waals surface area contributed by atoms with E-state index in [-0.39, 0.29) is 5.56 Å². The summed E-state index contributed by atoms with van der Waals surface area (Å²) in [6, 6.07) is 16.6. The van der Waals surface area contributed by atoms with E-state index in [4.69, 9.17) is 4.74 Å². The molecule has 3 aromatic rings. The number of methoxy groups -OCH3 is 1. The highest BCUT2D eigenvalue weighted by Gasteiger charge is 2.14. The number of benzene rings is 2. The number of rotatable bonds is 2. The summed E-state index contributed by atoms with van der Waals surface area (Å²) in [5.41, 5.74) is 1.82. The first-order valence-electron chi connectivity index (χ1n) is 6.44. The van der Waals surface area contributed by atoms with E-state index in [0.717, 1.165) is 5.56 Å². The molecular weight excluding hydrogens is 264 g/mol. The van der Waals surface area contributed by atoms with Crippen LogP contribution in [0, 0.1) is 11.3 Å². The van der Waals surface area contributed by atoms with Gasteiger partial charge in [0, 0.05) is 11.5 Å². The maximum atomic E-state index is 12.4. The number of fused-ring (bicyclic) bond motifs is 1. The average Bonchev–Trinajstić information content (AvgIpc) is 2.53. The monoisotopic (exact) mass is 276 g/mol. The Labute approximate surface area is 121 Å². The van der Waals surface area contributed by atoms with Gasteiger partial charge in [0.15, 0.2) is 0 Å². The molecular formula is C17H12N2O2. The van der Waals surface area contributed by atoms with Crippen molar-refractivity contribution in [3.8, 4) is 22.9 Å². The first-order chi connectivity index (χ1) is 10.2. The summed E-state index contributed by atoms with van der Waals surface area (Å²) in [5, 5.41) is 10.2. The van der Waals surface area contributed by atoms with Crippen LogP contribution >= 0.6 is 0 Å². The normalized spacial score (nSPS) is 10.3. The SMILES string of the molecule is COc1ccc2c(C#N)c(-c3ccccc3)c(=O)[nH]c2c1. The average molecular weight is 276 g/mol. The van der Waals surface area contributed by atoms with Crippen LogP contribution in [0.1, 0.15) is 5.56 Å². The van der Waals surface area contributed by atoms with Crippen molar-refractivity contribution in [1.82, 2.24) is 4.98 Å². The van der Waals surface area contributed by atoms with Crippen LogP contribution in [0.2, 0.25) is 0 Å². The predicted octanol–water partition coefficient (Wildman–Crippen LogP) is 3.08. The largest absolute Gasteiger partial charge is 0.497 e. The molecule has 1 heterocycles. The van der Waals surface area contributed by atoms with Gasteiger partial charge >= 0.3 is 0 Å². The zero-order valence-corrected chi connectivity index (χ0v) is 11.4. The second-order valence-electron chi connectivity index (χ2n) is 4.59. The molecule has 2 aromatic carbocycles. The Bertz CT molecular complexity index is 906. The number of nitriles is 1. The molecule has 0 bridgehead atoms. The third kappa shape index (κ3) is 2.15. The summed E-state index contributed by atoms with van der Waals surface area (Å²) in [6.07, 6.45) is 0. The van der Waals surface area contributed by atoms with Gasteiger partial charge in [-0.3, -0.25) is 4.79 Å². The maximum Gasteiger partial charge on any atom is 0.257 e. The van der Waals surface area contributed by atoms with E-state index in [0.29, 0.717) is 27.8 Å². The van der Waals surface area contributed by atoms with Gasteiger partial charge in [-0.05, 0) is 17.7 Å². The van der Waals surface area contributed by atoms with Gasteiger partial charge < -0.3 is 9.72 Å². The van der Waals surface area contributed by atoms with Crippen molar-refractivity contribution in [2.75, 3.05) is 7.11 Å². The second-order valence-corrected chi connectivity index (χ2v) is 4.59. The Morgan fingerprint density at radius 1 is 1.14 bits per heavy atom. The van der Waals surface area contributed by atoms with Crippen LogP contribution in [-0.4, -0.2) is 12.1 Å². The van der Waals surface area contributed by atoms with Crippen molar-refractivity contribution in [1.29, 1.82) is 5.26 Å². The van der Waals surface area contributed by atoms with E-state index < -0.39 is 0 Å². The quantitative estimate of drug-likeness (QED) is 0.782. The molecule has 1 N–H and O–H groups in total. The predicted molar refractivity (Wildman–Crippen MR) is 81.3 cm³/mol. The molecule has 4 heteroatoms. The molecule has 0 aliphatic carbocycles. The van der Waals surface area contributed by atoms with Crippen molar-refractivity contribution >= 4 is 10.9 Å². The van der Waals surface area contributed by atoms with Crippen LogP contribution in [-0.2, 0) is 0 Å². The fourth-order valence-electron chi connectivity index (χ4n) is 2.40. The third-order valence-electron chi connectivity index (χ3n) is 3.40. The number of ether oxygens (including phenoxy) is 1. The lowest BCUT2D eigenvalue weighted by Crippen LogP contribution is -2.11. The van der Waals surface area contributed by atoms with Gasteiger partial charge in [-0.25, -0.2) is 0 Å². The highest BCUT2D eigenvalue weighted by molar-refractivity contribution is 5.92. The van der Waals surface area contributed by atoms with Crippen molar-refractivity contribution < 1.29 is 4.74 Å². The molecule has 0 saturated heterocycles. The molecule has 4 nitrogen and oxygen atoms in total. The summed E-state index contributed by atoms with van der Waals surface area (Å²) in [5.74, 6) is 0.634. The van der Waals surface area contributed by atoms with E-state index in [9.17, 15) is 10.1 Å². The highest BCUT2D eigenvalue weighted by Crippen LogP contribution is 2.27. The summed E-state index contributed by atoms with van der Waals surface area (Å²) >= 11 is 0.